The van der Waals surface area contributed by atoms with Crippen molar-refractivity contribution in [1.29, 1.82) is 0 Å². The number of imide groups is 1. The van der Waals surface area contributed by atoms with Crippen LogP contribution < -0.4 is 5.32 Å². The second-order valence-electron chi connectivity index (χ2n) is 4.53. The van der Waals surface area contributed by atoms with E-state index in [9.17, 15) is 9.59 Å². The maximum Gasteiger partial charge on any atom is 0.256 e. The molecule has 2 aliphatic rings. The molecule has 0 spiro atoms. The van der Waals surface area contributed by atoms with Gasteiger partial charge in [0.1, 0.15) is 0 Å². The third-order valence-corrected chi connectivity index (χ3v) is 3.16. The highest BCUT2D eigenvalue weighted by atomic mass is 16.2. The Hall–Kier alpha value is -2.24. The van der Waals surface area contributed by atoms with Crippen LogP contribution in [-0.2, 0) is 16.1 Å². The van der Waals surface area contributed by atoms with Crippen molar-refractivity contribution in [3.8, 4) is 0 Å². The van der Waals surface area contributed by atoms with Gasteiger partial charge in [0.05, 0.1) is 6.54 Å². The number of hydrogen-bond acceptors (Lipinski definition) is 5. The first-order valence-electron chi connectivity index (χ1n) is 5.73. The first-order chi connectivity index (χ1) is 8.65. The largest absolute Gasteiger partial charge is 0.292 e. The van der Waals surface area contributed by atoms with Crippen LogP contribution in [0, 0.1) is 6.92 Å². The fourth-order valence-corrected chi connectivity index (χ4v) is 2.16. The van der Waals surface area contributed by atoms with Gasteiger partial charge in [0, 0.05) is 0 Å². The number of nitrogens with one attached hydrogen (secondary N) is 1. The van der Waals surface area contributed by atoms with E-state index in [4.69, 9.17) is 0 Å². The topological polar surface area (TPSA) is 74.1 Å². The number of carbonyl (C=O) groups excluding carboxylic acids is 2. The number of aryl methyl sites for hydroxylation is 1. The second kappa shape index (κ2) is 3.90. The van der Waals surface area contributed by atoms with Crippen molar-refractivity contribution in [3.63, 3.8) is 0 Å². The summed E-state index contributed by atoms with van der Waals surface area (Å²) in [5, 5.41) is 11.6. The van der Waals surface area contributed by atoms with Crippen LogP contribution >= 0.6 is 0 Å². The van der Waals surface area contributed by atoms with Gasteiger partial charge in [-0.25, -0.2) is 0 Å². The summed E-state index contributed by atoms with van der Waals surface area (Å²) in [5.41, 5.74) is 2.21. The van der Waals surface area contributed by atoms with E-state index in [0.29, 0.717) is 6.54 Å². The molecule has 2 atom stereocenters. The number of rotatable bonds is 2. The number of fused-ring (bicyclic) bond motifs is 1. The lowest BCUT2D eigenvalue weighted by molar-refractivity contribution is -0.126. The lowest BCUT2D eigenvalue weighted by Gasteiger charge is -2.18. The Balaban J connectivity index is 1.78. The first-order valence-corrected chi connectivity index (χ1v) is 5.73. The van der Waals surface area contributed by atoms with Gasteiger partial charge in [-0.3, -0.25) is 19.9 Å². The third-order valence-electron chi connectivity index (χ3n) is 3.16. The molecule has 1 aromatic rings. The Bertz CT molecular complexity index is 538. The molecule has 1 aromatic carbocycles. The van der Waals surface area contributed by atoms with Crippen LogP contribution in [-0.4, -0.2) is 28.9 Å². The summed E-state index contributed by atoms with van der Waals surface area (Å²) in [6.45, 7) is 2.49. The molecule has 2 heterocycles. The second-order valence-corrected chi connectivity index (χ2v) is 4.53. The Morgan fingerprint density at radius 1 is 1.22 bits per heavy atom. The van der Waals surface area contributed by atoms with Gasteiger partial charge in [-0.15, -0.1) is 0 Å². The average molecular weight is 244 g/mol. The Morgan fingerprint density at radius 3 is 2.67 bits per heavy atom. The van der Waals surface area contributed by atoms with Gasteiger partial charge in [-0.2, -0.15) is 5.11 Å². The van der Waals surface area contributed by atoms with E-state index in [1.165, 1.54) is 5.56 Å². The summed E-state index contributed by atoms with van der Waals surface area (Å²) in [4.78, 5) is 23.0. The zero-order valence-electron chi connectivity index (χ0n) is 9.83. The molecule has 18 heavy (non-hydrogen) atoms. The van der Waals surface area contributed by atoms with E-state index in [1.54, 1.807) is 5.01 Å². The molecule has 0 aromatic heterocycles. The van der Waals surface area contributed by atoms with Crippen molar-refractivity contribution < 1.29 is 9.59 Å². The minimum atomic E-state index is -0.678. The molecule has 2 amide bonds. The van der Waals surface area contributed by atoms with Gasteiger partial charge in [-0.05, 0) is 12.5 Å². The Labute approximate surface area is 104 Å². The fourth-order valence-electron chi connectivity index (χ4n) is 2.16. The van der Waals surface area contributed by atoms with Gasteiger partial charge in [0.15, 0.2) is 12.1 Å². The third kappa shape index (κ3) is 1.66. The number of hydrogen-bond donors (Lipinski definition) is 1. The van der Waals surface area contributed by atoms with Crippen molar-refractivity contribution >= 4 is 11.8 Å². The number of carbonyl (C=O) groups is 2. The maximum atomic E-state index is 11.6. The first kappa shape index (κ1) is 10.9. The predicted octanol–water partition coefficient (Wildman–Crippen LogP) is 0.571. The van der Waals surface area contributed by atoms with Crippen LogP contribution in [0.15, 0.2) is 34.6 Å². The van der Waals surface area contributed by atoms with E-state index >= 15 is 0 Å². The van der Waals surface area contributed by atoms with E-state index < -0.39 is 12.1 Å². The molecule has 1 N–H and O–H groups in total. The molecule has 0 unspecified atom stereocenters. The highest BCUT2D eigenvalue weighted by Crippen LogP contribution is 2.24. The van der Waals surface area contributed by atoms with Crippen LogP contribution in [0.3, 0.4) is 0 Å². The van der Waals surface area contributed by atoms with E-state index in [2.05, 4.69) is 15.7 Å². The molecule has 6 nitrogen and oxygen atoms in total. The van der Waals surface area contributed by atoms with Crippen LogP contribution in [0.5, 0.6) is 0 Å². The van der Waals surface area contributed by atoms with Crippen molar-refractivity contribution in [1.82, 2.24) is 10.3 Å². The lowest BCUT2D eigenvalue weighted by atomic mass is 10.1. The molecule has 3 rings (SSSR count). The molecule has 0 saturated carbocycles. The highest BCUT2D eigenvalue weighted by molar-refractivity contribution is 6.09. The monoisotopic (exact) mass is 244 g/mol. The van der Waals surface area contributed by atoms with Gasteiger partial charge >= 0.3 is 0 Å². The molecule has 2 aliphatic heterocycles. The normalized spacial score (nSPS) is 25.5. The van der Waals surface area contributed by atoms with Crippen LogP contribution in [0.25, 0.3) is 0 Å². The Morgan fingerprint density at radius 2 is 1.94 bits per heavy atom. The van der Waals surface area contributed by atoms with Crippen molar-refractivity contribution in [3.05, 3.63) is 35.4 Å². The summed E-state index contributed by atoms with van der Waals surface area (Å²) in [6, 6.07) is 6.70. The van der Waals surface area contributed by atoms with E-state index in [-0.39, 0.29) is 11.8 Å². The summed E-state index contributed by atoms with van der Waals surface area (Å²) in [7, 11) is 0. The maximum absolute atomic E-state index is 11.6. The van der Waals surface area contributed by atoms with E-state index in [0.717, 1.165) is 5.56 Å². The molecular formula is C12H12N4O2. The van der Waals surface area contributed by atoms with Gasteiger partial charge in [0.25, 0.3) is 11.8 Å². The van der Waals surface area contributed by atoms with Crippen LogP contribution in [0.2, 0.25) is 0 Å². The summed E-state index contributed by atoms with van der Waals surface area (Å²) in [6.07, 6.45) is 0. The van der Waals surface area contributed by atoms with Crippen molar-refractivity contribution in [2.45, 2.75) is 25.6 Å². The average Bonchev–Trinajstić information content (AvgIpc) is 2.86. The SMILES string of the molecule is Cc1ccc(CN2N=N[C@@H]3C(=O)NC(=O)[C@H]32)cc1. The standard InChI is InChI=1S/C12H12N4O2/c1-7-2-4-8(5-3-7)6-16-10-9(14-15-16)11(17)13-12(10)18/h2-5,9-10H,6H2,1H3,(H,13,17,18)/t9-,10-/m0/s1. The molecule has 0 aliphatic carbocycles. The van der Waals surface area contributed by atoms with Crippen molar-refractivity contribution in [2.24, 2.45) is 10.3 Å². The van der Waals surface area contributed by atoms with Crippen LogP contribution in [0.1, 0.15) is 11.1 Å². The molecule has 1 fully saturated rings. The van der Waals surface area contributed by atoms with E-state index in [1.807, 2.05) is 31.2 Å². The number of amides is 2. The lowest BCUT2D eigenvalue weighted by Crippen LogP contribution is -2.38. The summed E-state index contributed by atoms with van der Waals surface area (Å²) >= 11 is 0. The highest BCUT2D eigenvalue weighted by Gasteiger charge is 2.49. The van der Waals surface area contributed by atoms with Crippen molar-refractivity contribution in [2.75, 3.05) is 0 Å². The number of benzene rings is 1. The molecule has 0 radical (unpaired) electrons. The Kier molecular flexibility index (Phi) is 2.36. The molecule has 1 saturated heterocycles. The minimum absolute atomic E-state index is 0.317. The minimum Gasteiger partial charge on any atom is -0.292 e. The van der Waals surface area contributed by atoms with Gasteiger partial charge in [-0.1, -0.05) is 35.1 Å². The molecule has 0 bridgehead atoms. The molecular weight excluding hydrogens is 232 g/mol. The van der Waals surface area contributed by atoms with Gasteiger partial charge in [0.2, 0.25) is 0 Å². The zero-order valence-corrected chi connectivity index (χ0v) is 9.83. The smallest absolute Gasteiger partial charge is 0.256 e. The van der Waals surface area contributed by atoms with Crippen LogP contribution in [0.4, 0.5) is 0 Å². The summed E-state index contributed by atoms with van der Waals surface area (Å²) < 4.78 is 0. The van der Waals surface area contributed by atoms with Gasteiger partial charge < -0.3 is 0 Å². The zero-order chi connectivity index (χ0) is 12.7. The molecule has 6 heteroatoms. The summed E-state index contributed by atoms with van der Waals surface area (Å²) in [5.74, 6) is -0.678. The molecule has 92 valence electrons. The predicted molar refractivity (Wildman–Crippen MR) is 62.3 cm³/mol. The fraction of sp³-hybridized carbons (Fsp3) is 0.333. The number of nitrogens with zero attached hydrogens (tertiary/aromatic N) is 3. The quantitative estimate of drug-likeness (QED) is 0.773.